The molecule has 1 aromatic heterocycles. The Morgan fingerprint density at radius 1 is 1.05 bits per heavy atom. The topological polar surface area (TPSA) is 52.3 Å². The maximum absolute atomic E-state index is 11.7. The summed E-state index contributed by atoms with van der Waals surface area (Å²) in [6, 6.07) is 16.9. The van der Waals surface area contributed by atoms with Crippen LogP contribution in [0.1, 0.15) is 11.5 Å². The van der Waals surface area contributed by atoms with Crippen LogP contribution < -0.4 is 0 Å². The summed E-state index contributed by atoms with van der Waals surface area (Å²) >= 11 is 0. The van der Waals surface area contributed by atoms with E-state index in [4.69, 9.17) is 9.15 Å². The van der Waals surface area contributed by atoms with Crippen LogP contribution in [0.2, 0.25) is 0 Å². The van der Waals surface area contributed by atoms with Crippen LogP contribution in [0.5, 0.6) is 0 Å². The molecular formula is C16H13NO3. The van der Waals surface area contributed by atoms with Crippen LogP contribution in [0.15, 0.2) is 59.0 Å². The van der Waals surface area contributed by atoms with E-state index in [1.54, 1.807) is 0 Å². The van der Waals surface area contributed by atoms with Gasteiger partial charge in [-0.25, -0.2) is 4.98 Å². The minimum atomic E-state index is -0.293. The minimum Gasteiger partial charge on any atom is -0.455 e. The Hall–Kier alpha value is -2.62. The number of hydrogen-bond acceptors (Lipinski definition) is 4. The molecule has 0 radical (unpaired) electrons. The van der Waals surface area contributed by atoms with E-state index in [0.717, 1.165) is 11.1 Å². The predicted octanol–water partition coefficient (Wildman–Crippen LogP) is 3.11. The molecule has 0 unspecified atom stereocenters. The molecule has 2 aromatic carbocycles. The molecule has 3 aromatic rings. The van der Waals surface area contributed by atoms with Crippen molar-refractivity contribution in [2.45, 2.75) is 13.0 Å². The summed E-state index contributed by atoms with van der Waals surface area (Å²) in [7, 11) is 0. The van der Waals surface area contributed by atoms with E-state index in [0.29, 0.717) is 11.5 Å². The Morgan fingerprint density at radius 2 is 1.80 bits per heavy atom. The van der Waals surface area contributed by atoms with Gasteiger partial charge in [0.2, 0.25) is 5.89 Å². The Bertz CT molecular complexity index is 686. The number of oxazole rings is 1. The zero-order valence-corrected chi connectivity index (χ0v) is 10.8. The van der Waals surface area contributed by atoms with Crippen molar-refractivity contribution in [2.75, 3.05) is 0 Å². The number of ether oxygens (including phenoxy) is 1. The maximum atomic E-state index is 11.7. The summed E-state index contributed by atoms with van der Waals surface area (Å²) < 4.78 is 10.6. The normalized spacial score (nSPS) is 10.6. The van der Waals surface area contributed by atoms with Crippen molar-refractivity contribution in [3.05, 3.63) is 66.1 Å². The monoisotopic (exact) mass is 267 g/mol. The molecule has 0 atom stereocenters. The predicted molar refractivity (Wildman–Crippen MR) is 74.0 cm³/mol. The molecule has 0 N–H and O–H groups in total. The van der Waals surface area contributed by atoms with E-state index in [2.05, 4.69) is 4.98 Å². The summed E-state index contributed by atoms with van der Waals surface area (Å²) in [5.74, 6) is 0.117. The third-order valence-electron chi connectivity index (χ3n) is 2.89. The van der Waals surface area contributed by atoms with Crippen LogP contribution in [-0.2, 0) is 22.6 Å². The molecule has 0 saturated heterocycles. The van der Waals surface area contributed by atoms with E-state index in [1.807, 2.05) is 54.6 Å². The van der Waals surface area contributed by atoms with Gasteiger partial charge in [0.1, 0.15) is 5.52 Å². The number of para-hydroxylation sites is 2. The second kappa shape index (κ2) is 5.57. The lowest BCUT2D eigenvalue weighted by Gasteiger charge is -2.02. The first-order chi connectivity index (χ1) is 9.81. The van der Waals surface area contributed by atoms with Gasteiger partial charge < -0.3 is 9.15 Å². The van der Waals surface area contributed by atoms with Gasteiger partial charge in [-0.15, -0.1) is 0 Å². The van der Waals surface area contributed by atoms with Crippen molar-refractivity contribution in [2.24, 2.45) is 0 Å². The van der Waals surface area contributed by atoms with Gasteiger partial charge in [0, 0.05) is 0 Å². The fourth-order valence-electron chi connectivity index (χ4n) is 1.94. The van der Waals surface area contributed by atoms with Crippen molar-refractivity contribution < 1.29 is 13.9 Å². The lowest BCUT2D eigenvalue weighted by atomic mass is 10.2. The number of carbonyl (C=O) groups is 1. The maximum Gasteiger partial charge on any atom is 0.310 e. The van der Waals surface area contributed by atoms with Gasteiger partial charge >= 0.3 is 5.97 Å². The quantitative estimate of drug-likeness (QED) is 0.681. The molecule has 0 fully saturated rings. The van der Waals surface area contributed by atoms with E-state index in [9.17, 15) is 4.79 Å². The standard InChI is InChI=1S/C16H13NO3/c18-16(10-12-6-2-1-3-7-12)19-11-15-17-13-8-4-5-9-14(13)20-15/h1-9H,10-11H2. The molecule has 0 spiro atoms. The van der Waals surface area contributed by atoms with E-state index < -0.39 is 0 Å². The molecule has 0 saturated carbocycles. The van der Waals surface area contributed by atoms with Gasteiger partial charge in [0.05, 0.1) is 6.42 Å². The van der Waals surface area contributed by atoms with Crippen LogP contribution in [-0.4, -0.2) is 11.0 Å². The summed E-state index contributed by atoms with van der Waals surface area (Å²) in [5, 5.41) is 0. The van der Waals surface area contributed by atoms with Gasteiger partial charge in [-0.3, -0.25) is 4.79 Å². The highest BCUT2D eigenvalue weighted by Crippen LogP contribution is 2.15. The highest BCUT2D eigenvalue weighted by molar-refractivity contribution is 5.73. The van der Waals surface area contributed by atoms with Crippen molar-refractivity contribution in [1.82, 2.24) is 4.98 Å². The fourth-order valence-corrected chi connectivity index (χ4v) is 1.94. The van der Waals surface area contributed by atoms with Crippen molar-refractivity contribution in [1.29, 1.82) is 0 Å². The minimum absolute atomic E-state index is 0.0559. The Kier molecular flexibility index (Phi) is 3.46. The average Bonchev–Trinajstić information content (AvgIpc) is 2.89. The summed E-state index contributed by atoms with van der Waals surface area (Å²) in [6.45, 7) is 0.0559. The summed E-state index contributed by atoms with van der Waals surface area (Å²) in [6.07, 6.45) is 0.251. The Labute approximate surface area is 116 Å². The number of fused-ring (bicyclic) bond motifs is 1. The number of aromatic nitrogens is 1. The number of carbonyl (C=O) groups excluding carboxylic acids is 1. The van der Waals surface area contributed by atoms with E-state index in [-0.39, 0.29) is 19.0 Å². The Balaban J connectivity index is 1.60. The third-order valence-corrected chi connectivity index (χ3v) is 2.89. The molecule has 20 heavy (non-hydrogen) atoms. The van der Waals surface area contributed by atoms with Gasteiger partial charge in [0.15, 0.2) is 12.2 Å². The lowest BCUT2D eigenvalue weighted by Crippen LogP contribution is -2.07. The highest BCUT2D eigenvalue weighted by atomic mass is 16.5. The largest absolute Gasteiger partial charge is 0.455 e. The highest BCUT2D eigenvalue weighted by Gasteiger charge is 2.09. The zero-order chi connectivity index (χ0) is 13.8. The van der Waals surface area contributed by atoms with Gasteiger partial charge in [-0.2, -0.15) is 0 Å². The first kappa shape index (κ1) is 12.4. The van der Waals surface area contributed by atoms with Crippen LogP contribution in [0.3, 0.4) is 0 Å². The zero-order valence-electron chi connectivity index (χ0n) is 10.8. The lowest BCUT2D eigenvalue weighted by molar-refractivity contribution is -0.144. The van der Waals surface area contributed by atoms with Crippen LogP contribution >= 0.6 is 0 Å². The smallest absolute Gasteiger partial charge is 0.310 e. The number of nitrogens with zero attached hydrogens (tertiary/aromatic N) is 1. The van der Waals surface area contributed by atoms with Gasteiger partial charge in [0.25, 0.3) is 0 Å². The molecular weight excluding hydrogens is 254 g/mol. The van der Waals surface area contributed by atoms with Crippen molar-refractivity contribution >= 4 is 17.1 Å². The molecule has 0 aliphatic carbocycles. The molecule has 0 aliphatic heterocycles. The number of esters is 1. The first-order valence-electron chi connectivity index (χ1n) is 6.35. The van der Waals surface area contributed by atoms with Gasteiger partial charge in [-0.1, -0.05) is 42.5 Å². The number of hydrogen-bond donors (Lipinski definition) is 0. The molecule has 100 valence electrons. The first-order valence-corrected chi connectivity index (χ1v) is 6.35. The molecule has 4 heteroatoms. The van der Waals surface area contributed by atoms with Crippen LogP contribution in [0.4, 0.5) is 0 Å². The molecule has 3 rings (SSSR count). The van der Waals surface area contributed by atoms with Crippen LogP contribution in [0.25, 0.3) is 11.1 Å². The molecule has 0 aliphatic rings. The van der Waals surface area contributed by atoms with E-state index in [1.165, 1.54) is 0 Å². The molecule has 0 amide bonds. The number of benzene rings is 2. The molecule has 4 nitrogen and oxygen atoms in total. The van der Waals surface area contributed by atoms with Gasteiger partial charge in [-0.05, 0) is 17.7 Å². The second-order valence-corrected chi connectivity index (χ2v) is 4.40. The Morgan fingerprint density at radius 3 is 2.60 bits per heavy atom. The van der Waals surface area contributed by atoms with Crippen LogP contribution in [0, 0.1) is 0 Å². The SMILES string of the molecule is O=C(Cc1ccccc1)OCc1nc2ccccc2o1. The van der Waals surface area contributed by atoms with Crippen molar-refractivity contribution in [3.63, 3.8) is 0 Å². The average molecular weight is 267 g/mol. The third kappa shape index (κ3) is 2.85. The van der Waals surface area contributed by atoms with Crippen molar-refractivity contribution in [3.8, 4) is 0 Å². The van der Waals surface area contributed by atoms with E-state index >= 15 is 0 Å². The fraction of sp³-hybridized carbons (Fsp3) is 0.125. The summed E-state index contributed by atoms with van der Waals surface area (Å²) in [4.78, 5) is 16.0. The second-order valence-electron chi connectivity index (χ2n) is 4.40. The molecule has 0 bridgehead atoms. The number of rotatable bonds is 4. The summed E-state index contributed by atoms with van der Waals surface area (Å²) in [5.41, 5.74) is 2.39. The molecule has 1 heterocycles.